The summed E-state index contributed by atoms with van der Waals surface area (Å²) >= 11 is 0. The van der Waals surface area contributed by atoms with Crippen molar-refractivity contribution in [1.29, 1.82) is 0 Å². The van der Waals surface area contributed by atoms with Crippen LogP contribution in [0.4, 0.5) is 11.4 Å². The van der Waals surface area contributed by atoms with Crippen LogP contribution >= 0.6 is 0 Å². The Balaban J connectivity index is 1.77. The number of anilines is 2. The van der Waals surface area contributed by atoms with E-state index in [2.05, 4.69) is 11.9 Å². The van der Waals surface area contributed by atoms with Gasteiger partial charge in [0.05, 0.1) is 4.90 Å². The maximum absolute atomic E-state index is 12.4. The number of likely N-dealkylation sites (N-methyl/N-ethyl adjacent to an activating group) is 1. The quantitative estimate of drug-likeness (QED) is 0.841. The van der Waals surface area contributed by atoms with Crippen molar-refractivity contribution in [2.45, 2.75) is 4.90 Å². The first-order chi connectivity index (χ1) is 12.3. The first kappa shape index (κ1) is 17.6. The van der Waals surface area contributed by atoms with Gasteiger partial charge in [0.15, 0.2) is 0 Å². The number of nitrogens with one attached hydrogen (secondary N) is 1. The summed E-state index contributed by atoms with van der Waals surface area (Å²) < 4.78 is 23.8. The van der Waals surface area contributed by atoms with Gasteiger partial charge in [-0.15, -0.1) is 0 Å². The predicted molar refractivity (Wildman–Crippen MR) is 101 cm³/mol. The molecule has 6 nitrogen and oxygen atoms in total. The van der Waals surface area contributed by atoms with Crippen LogP contribution in [0.1, 0.15) is 15.9 Å². The van der Waals surface area contributed by atoms with Crippen molar-refractivity contribution in [3.05, 3.63) is 71.7 Å². The van der Waals surface area contributed by atoms with Gasteiger partial charge in [0.2, 0.25) is 15.7 Å². The molecule has 0 unspecified atom stereocenters. The Bertz CT molecular complexity index is 1040. The van der Waals surface area contributed by atoms with Crippen molar-refractivity contribution in [2.24, 2.45) is 0 Å². The minimum Gasteiger partial charge on any atom is -0.322 e. The van der Waals surface area contributed by atoms with Crippen LogP contribution in [0.15, 0.2) is 65.4 Å². The van der Waals surface area contributed by atoms with Crippen LogP contribution in [0.3, 0.4) is 0 Å². The van der Waals surface area contributed by atoms with E-state index in [1.165, 1.54) is 23.1 Å². The minimum atomic E-state index is -3.43. The van der Waals surface area contributed by atoms with Crippen molar-refractivity contribution in [1.82, 2.24) is 0 Å². The third kappa shape index (κ3) is 3.29. The normalized spacial score (nSPS) is 13.7. The molecule has 1 aliphatic rings. The zero-order valence-electron chi connectivity index (χ0n) is 14.0. The number of carbonyl (C=O) groups excluding carboxylic acids is 2. The van der Waals surface area contributed by atoms with E-state index in [1.807, 2.05) is 0 Å². The number of hydrogen-bond acceptors (Lipinski definition) is 4. The van der Waals surface area contributed by atoms with E-state index in [4.69, 9.17) is 0 Å². The maximum Gasteiger partial charge on any atom is 0.255 e. The fourth-order valence-electron chi connectivity index (χ4n) is 2.54. The summed E-state index contributed by atoms with van der Waals surface area (Å²) in [4.78, 5) is 25.6. The molecule has 0 spiro atoms. The topological polar surface area (TPSA) is 83.6 Å². The lowest BCUT2D eigenvalue weighted by Crippen LogP contribution is -2.23. The van der Waals surface area contributed by atoms with Crippen LogP contribution in [-0.2, 0) is 14.6 Å². The number of rotatable bonds is 4. The molecule has 1 N–H and O–H groups in total. The molecule has 0 saturated carbocycles. The highest BCUT2D eigenvalue weighted by atomic mass is 32.2. The molecule has 0 bridgehead atoms. The monoisotopic (exact) mass is 368 g/mol. The molecule has 1 heterocycles. The average Bonchev–Trinajstić information content (AvgIpc) is 2.95. The summed E-state index contributed by atoms with van der Waals surface area (Å²) in [5, 5.41) is 3.82. The lowest BCUT2D eigenvalue weighted by Gasteiger charge is -2.15. The summed E-state index contributed by atoms with van der Waals surface area (Å²) in [6.07, 6.45) is 2.73. The van der Waals surface area contributed by atoms with Crippen LogP contribution < -0.4 is 10.2 Å². The minimum absolute atomic E-state index is 0.176. The van der Waals surface area contributed by atoms with Gasteiger partial charge in [0.25, 0.3) is 5.91 Å². The van der Waals surface area contributed by atoms with Crippen molar-refractivity contribution in [3.8, 4) is 0 Å². The van der Waals surface area contributed by atoms with Gasteiger partial charge in [-0.3, -0.25) is 9.59 Å². The molecular formula is C19H16N2O4S. The van der Waals surface area contributed by atoms with Gasteiger partial charge < -0.3 is 10.2 Å². The summed E-state index contributed by atoms with van der Waals surface area (Å²) in [6.45, 7) is 3.43. The van der Waals surface area contributed by atoms with Gasteiger partial charge in [-0.1, -0.05) is 12.6 Å². The van der Waals surface area contributed by atoms with E-state index in [9.17, 15) is 18.0 Å². The van der Waals surface area contributed by atoms with E-state index in [0.29, 0.717) is 22.5 Å². The number of fused-ring (bicyclic) bond motifs is 1. The zero-order valence-corrected chi connectivity index (χ0v) is 14.8. The number of amides is 2. The Kier molecular flexibility index (Phi) is 4.48. The summed E-state index contributed by atoms with van der Waals surface area (Å²) in [5.41, 5.74) is 2.00. The molecule has 26 heavy (non-hydrogen) atoms. The number of sulfone groups is 1. The van der Waals surface area contributed by atoms with Crippen molar-refractivity contribution in [3.63, 3.8) is 0 Å². The van der Waals surface area contributed by atoms with Gasteiger partial charge in [0.1, 0.15) is 0 Å². The van der Waals surface area contributed by atoms with Crippen LogP contribution in [0, 0.1) is 0 Å². The Morgan fingerprint density at radius 3 is 2.46 bits per heavy atom. The molecule has 1 aliphatic heterocycles. The van der Waals surface area contributed by atoms with E-state index in [1.54, 1.807) is 43.4 Å². The van der Waals surface area contributed by atoms with Gasteiger partial charge in [-0.2, -0.15) is 0 Å². The summed E-state index contributed by atoms with van der Waals surface area (Å²) in [6, 6.07) is 11.2. The zero-order chi connectivity index (χ0) is 18.9. The molecule has 0 radical (unpaired) electrons. The first-order valence-corrected chi connectivity index (χ1v) is 9.25. The van der Waals surface area contributed by atoms with Crippen LogP contribution in [0.2, 0.25) is 0 Å². The number of nitrogens with zero attached hydrogens (tertiary/aromatic N) is 1. The van der Waals surface area contributed by atoms with Gasteiger partial charge >= 0.3 is 0 Å². The summed E-state index contributed by atoms with van der Waals surface area (Å²) in [7, 11) is -1.82. The van der Waals surface area contributed by atoms with Gasteiger partial charge in [-0.05, 0) is 54.1 Å². The van der Waals surface area contributed by atoms with Gasteiger partial charge in [-0.25, -0.2) is 8.42 Å². The molecule has 3 rings (SSSR count). The fourth-order valence-corrected chi connectivity index (χ4v) is 3.76. The van der Waals surface area contributed by atoms with Crippen molar-refractivity contribution in [2.75, 3.05) is 17.3 Å². The average molecular weight is 368 g/mol. The largest absolute Gasteiger partial charge is 0.322 e. The van der Waals surface area contributed by atoms with Gasteiger partial charge in [0, 0.05) is 29.4 Å². The molecule has 2 aromatic rings. The van der Waals surface area contributed by atoms with Crippen LogP contribution in [-0.4, -0.2) is 27.3 Å². The molecule has 7 heteroatoms. The standard InChI is InChI=1S/C19H16N2O4S/c1-3-18(22)21(2)16-8-5-14(6-9-16)19(23)20-15-7-4-13-10-11-26(24,25)17(13)12-15/h3-12H,1H2,2H3,(H,20,23). The first-order valence-electron chi connectivity index (χ1n) is 7.70. The lowest BCUT2D eigenvalue weighted by molar-refractivity contribution is -0.113. The molecule has 0 fully saturated rings. The summed E-state index contributed by atoms with van der Waals surface area (Å²) in [5.74, 6) is -0.632. The SMILES string of the molecule is C=CC(=O)N(C)c1ccc(C(=O)Nc2ccc3c(c2)S(=O)(=O)C=C3)cc1. The highest BCUT2D eigenvalue weighted by molar-refractivity contribution is 7.94. The van der Waals surface area contributed by atoms with E-state index >= 15 is 0 Å². The third-order valence-corrected chi connectivity index (χ3v) is 5.49. The van der Waals surface area contributed by atoms with Crippen molar-refractivity contribution < 1.29 is 18.0 Å². The Morgan fingerprint density at radius 1 is 1.12 bits per heavy atom. The van der Waals surface area contributed by atoms with E-state index < -0.39 is 9.84 Å². The number of carbonyl (C=O) groups is 2. The fraction of sp³-hybridized carbons (Fsp3) is 0.0526. The molecule has 0 aliphatic carbocycles. The predicted octanol–water partition coefficient (Wildman–Crippen LogP) is 2.85. The lowest BCUT2D eigenvalue weighted by atomic mass is 10.1. The highest BCUT2D eigenvalue weighted by Crippen LogP contribution is 2.29. The second kappa shape index (κ2) is 6.61. The smallest absolute Gasteiger partial charge is 0.255 e. The van der Waals surface area contributed by atoms with Crippen LogP contribution in [0.5, 0.6) is 0 Å². The molecule has 0 saturated heterocycles. The molecular weight excluding hydrogens is 352 g/mol. The molecule has 0 aromatic heterocycles. The molecule has 2 amide bonds. The Hall–Kier alpha value is -3.19. The second-order valence-electron chi connectivity index (χ2n) is 5.70. The molecule has 132 valence electrons. The third-order valence-electron chi connectivity index (χ3n) is 4.03. The van der Waals surface area contributed by atoms with Crippen LogP contribution in [0.25, 0.3) is 6.08 Å². The van der Waals surface area contributed by atoms with E-state index in [-0.39, 0.29) is 16.7 Å². The Morgan fingerprint density at radius 2 is 1.81 bits per heavy atom. The molecule has 0 atom stereocenters. The highest BCUT2D eigenvalue weighted by Gasteiger charge is 2.21. The van der Waals surface area contributed by atoms with E-state index in [0.717, 1.165) is 5.41 Å². The molecule has 2 aromatic carbocycles. The second-order valence-corrected chi connectivity index (χ2v) is 7.50. The van der Waals surface area contributed by atoms with Crippen molar-refractivity contribution >= 4 is 39.1 Å². The number of hydrogen-bond donors (Lipinski definition) is 1. The maximum atomic E-state index is 12.4. The Labute approximate surface area is 151 Å². The number of benzene rings is 2.